The van der Waals surface area contributed by atoms with Crippen LogP contribution in [0.3, 0.4) is 0 Å². The number of halogens is 1. The number of benzene rings is 3. The van der Waals surface area contributed by atoms with E-state index in [9.17, 15) is 9.18 Å². The molecule has 0 saturated heterocycles. The Balaban J connectivity index is 1.81. The van der Waals surface area contributed by atoms with Gasteiger partial charge in [0.2, 0.25) is 0 Å². The highest BCUT2D eigenvalue weighted by molar-refractivity contribution is 6.02. The number of para-hydroxylation sites is 1. The molecule has 3 aromatic rings. The maximum atomic E-state index is 13.0. The first-order chi connectivity index (χ1) is 12.6. The molecule has 0 bridgehead atoms. The smallest absolute Gasteiger partial charge is 0.308 e. The van der Waals surface area contributed by atoms with Gasteiger partial charge in [0.25, 0.3) is 0 Å². The number of anilines is 2. The van der Waals surface area contributed by atoms with Crippen molar-refractivity contribution in [2.75, 3.05) is 17.3 Å². The molecule has 0 spiro atoms. The summed E-state index contributed by atoms with van der Waals surface area (Å²) < 4.78 is 13.0. The molecule has 0 aliphatic rings. The van der Waals surface area contributed by atoms with Crippen LogP contribution in [-0.2, 0) is 0 Å². The first-order valence-electron chi connectivity index (χ1n) is 8.10. The normalized spacial score (nSPS) is 9.77. The van der Waals surface area contributed by atoms with Gasteiger partial charge in [0.1, 0.15) is 5.82 Å². The maximum absolute atomic E-state index is 13.0. The summed E-state index contributed by atoms with van der Waals surface area (Å²) >= 11 is 0. The van der Waals surface area contributed by atoms with E-state index in [1.807, 2.05) is 54.6 Å². The van der Waals surface area contributed by atoms with E-state index < -0.39 is 0 Å². The van der Waals surface area contributed by atoms with Gasteiger partial charge in [-0.1, -0.05) is 42.2 Å². The molecule has 0 heterocycles. The molecular weight excluding hydrogens is 327 g/mol. The van der Waals surface area contributed by atoms with Crippen molar-refractivity contribution < 1.29 is 9.18 Å². The summed E-state index contributed by atoms with van der Waals surface area (Å²) in [4.78, 5) is 14.0. The van der Waals surface area contributed by atoms with Crippen molar-refractivity contribution in [3.05, 3.63) is 95.8 Å². The highest BCUT2D eigenvalue weighted by Crippen LogP contribution is 2.20. The minimum Gasteiger partial charge on any atom is -0.308 e. The summed E-state index contributed by atoms with van der Waals surface area (Å²) in [6.45, 7) is 0. The van der Waals surface area contributed by atoms with Gasteiger partial charge in [-0.3, -0.25) is 4.90 Å². The predicted octanol–water partition coefficient (Wildman–Crippen LogP) is 4.89. The predicted molar refractivity (Wildman–Crippen MR) is 103 cm³/mol. The van der Waals surface area contributed by atoms with Crippen LogP contribution in [0.25, 0.3) is 0 Å². The Morgan fingerprint density at radius 1 is 0.885 bits per heavy atom. The second kappa shape index (κ2) is 8.00. The number of amides is 2. The number of hydrogen-bond donors (Lipinski definition) is 1. The number of rotatable bonds is 2. The topological polar surface area (TPSA) is 32.3 Å². The van der Waals surface area contributed by atoms with E-state index >= 15 is 0 Å². The molecule has 0 unspecified atom stereocenters. The lowest BCUT2D eigenvalue weighted by Gasteiger charge is -2.19. The van der Waals surface area contributed by atoms with Crippen molar-refractivity contribution in [2.24, 2.45) is 0 Å². The first kappa shape index (κ1) is 17.2. The van der Waals surface area contributed by atoms with Crippen molar-refractivity contribution in [1.29, 1.82) is 0 Å². The van der Waals surface area contributed by atoms with Crippen LogP contribution in [0, 0.1) is 17.7 Å². The van der Waals surface area contributed by atoms with Crippen molar-refractivity contribution in [1.82, 2.24) is 0 Å². The summed E-state index contributed by atoms with van der Waals surface area (Å²) in [7, 11) is 1.67. The molecule has 3 rings (SSSR count). The number of nitrogens with zero attached hydrogens (tertiary/aromatic N) is 1. The molecule has 128 valence electrons. The van der Waals surface area contributed by atoms with Crippen LogP contribution < -0.4 is 10.2 Å². The van der Waals surface area contributed by atoms with Gasteiger partial charge in [0.05, 0.1) is 5.69 Å². The second-order valence-electron chi connectivity index (χ2n) is 5.63. The molecule has 0 aromatic heterocycles. The fraction of sp³-hybridized carbons (Fsp3) is 0.0455. The van der Waals surface area contributed by atoms with Gasteiger partial charge in [0.15, 0.2) is 0 Å². The lowest BCUT2D eigenvalue weighted by atomic mass is 10.1. The quantitative estimate of drug-likeness (QED) is 0.659. The minimum atomic E-state index is -0.349. The summed E-state index contributed by atoms with van der Waals surface area (Å²) in [5, 5.41) is 2.74. The largest absolute Gasteiger partial charge is 0.326 e. The van der Waals surface area contributed by atoms with Crippen molar-refractivity contribution >= 4 is 17.4 Å². The number of nitrogens with one attached hydrogen (secondary N) is 1. The first-order valence-corrected chi connectivity index (χ1v) is 8.10. The van der Waals surface area contributed by atoms with Gasteiger partial charge in [-0.05, 0) is 48.5 Å². The van der Waals surface area contributed by atoms with E-state index in [0.717, 1.165) is 11.1 Å². The lowest BCUT2D eigenvalue weighted by molar-refractivity contribution is 0.258. The van der Waals surface area contributed by atoms with Crippen LogP contribution in [-0.4, -0.2) is 13.1 Å². The van der Waals surface area contributed by atoms with Crippen LogP contribution in [0.4, 0.5) is 20.6 Å². The van der Waals surface area contributed by atoms with Gasteiger partial charge < -0.3 is 5.32 Å². The van der Waals surface area contributed by atoms with E-state index in [4.69, 9.17) is 0 Å². The second-order valence-corrected chi connectivity index (χ2v) is 5.63. The zero-order chi connectivity index (χ0) is 18.4. The fourth-order valence-corrected chi connectivity index (χ4v) is 2.38. The zero-order valence-corrected chi connectivity index (χ0v) is 14.2. The standard InChI is InChI=1S/C22H17FN2O/c1-25(22(26)24-20-15-13-19(23)14-16-20)21-10-6-5-9-18(21)12-11-17-7-3-2-4-8-17/h2-10,13-16H,1H3,(H,24,26). The number of carbonyl (C=O) groups is 1. The van der Waals surface area contributed by atoms with Crippen LogP contribution in [0.1, 0.15) is 11.1 Å². The average Bonchev–Trinajstić information content (AvgIpc) is 2.68. The van der Waals surface area contributed by atoms with Crippen LogP contribution in [0.5, 0.6) is 0 Å². The Morgan fingerprint density at radius 3 is 2.27 bits per heavy atom. The maximum Gasteiger partial charge on any atom is 0.326 e. The third-order valence-corrected chi connectivity index (χ3v) is 3.78. The number of urea groups is 1. The molecule has 26 heavy (non-hydrogen) atoms. The van der Waals surface area contributed by atoms with Crippen LogP contribution in [0.2, 0.25) is 0 Å². The molecule has 0 radical (unpaired) electrons. The minimum absolute atomic E-state index is 0.328. The van der Waals surface area contributed by atoms with Gasteiger partial charge in [0, 0.05) is 23.9 Å². The summed E-state index contributed by atoms with van der Waals surface area (Å²) in [6, 6.07) is 22.4. The summed E-state index contributed by atoms with van der Waals surface area (Å²) in [6.07, 6.45) is 0. The van der Waals surface area contributed by atoms with Crippen molar-refractivity contribution in [3.63, 3.8) is 0 Å². The molecule has 1 N–H and O–H groups in total. The van der Waals surface area contributed by atoms with Crippen LogP contribution in [0.15, 0.2) is 78.9 Å². The molecule has 0 saturated carbocycles. The van der Waals surface area contributed by atoms with Gasteiger partial charge in [-0.2, -0.15) is 0 Å². The average molecular weight is 344 g/mol. The van der Waals surface area contributed by atoms with Gasteiger partial charge in [-0.25, -0.2) is 9.18 Å². The van der Waals surface area contributed by atoms with E-state index in [1.54, 1.807) is 7.05 Å². The van der Waals surface area contributed by atoms with Gasteiger partial charge in [-0.15, -0.1) is 0 Å². The third-order valence-electron chi connectivity index (χ3n) is 3.78. The lowest BCUT2D eigenvalue weighted by Crippen LogP contribution is -2.31. The van der Waals surface area contributed by atoms with Crippen molar-refractivity contribution in [2.45, 2.75) is 0 Å². The molecular formula is C22H17FN2O. The third kappa shape index (κ3) is 4.28. The number of hydrogen-bond acceptors (Lipinski definition) is 1. The molecule has 0 atom stereocenters. The van der Waals surface area contributed by atoms with E-state index in [2.05, 4.69) is 17.2 Å². The number of carbonyl (C=O) groups excluding carboxylic acids is 1. The Hall–Kier alpha value is -3.58. The van der Waals surface area contributed by atoms with Crippen LogP contribution >= 0.6 is 0 Å². The zero-order valence-electron chi connectivity index (χ0n) is 14.2. The summed E-state index contributed by atoms with van der Waals surface area (Å²) in [5.41, 5.74) is 2.86. The van der Waals surface area contributed by atoms with E-state index in [0.29, 0.717) is 11.4 Å². The molecule has 3 aromatic carbocycles. The molecule has 0 aliphatic carbocycles. The summed E-state index contributed by atoms with van der Waals surface area (Å²) in [5.74, 6) is 5.87. The highest BCUT2D eigenvalue weighted by atomic mass is 19.1. The Kier molecular flexibility index (Phi) is 5.31. The Labute approximate surface area is 152 Å². The SMILES string of the molecule is CN(C(=O)Nc1ccc(F)cc1)c1ccccc1C#Cc1ccccc1. The fourth-order valence-electron chi connectivity index (χ4n) is 2.38. The monoisotopic (exact) mass is 344 g/mol. The highest BCUT2D eigenvalue weighted by Gasteiger charge is 2.13. The van der Waals surface area contributed by atoms with Gasteiger partial charge >= 0.3 is 6.03 Å². The molecule has 0 aliphatic heterocycles. The van der Waals surface area contributed by atoms with E-state index in [-0.39, 0.29) is 11.8 Å². The Bertz CT molecular complexity index is 957. The molecule has 3 nitrogen and oxygen atoms in total. The molecule has 2 amide bonds. The molecule has 4 heteroatoms. The van der Waals surface area contributed by atoms with E-state index in [1.165, 1.54) is 29.2 Å². The molecule has 0 fully saturated rings. The van der Waals surface area contributed by atoms with Crippen molar-refractivity contribution in [3.8, 4) is 11.8 Å². The Morgan fingerprint density at radius 2 is 1.54 bits per heavy atom.